The Labute approximate surface area is 155 Å². The molecule has 138 valence electrons. The van der Waals surface area contributed by atoms with Gasteiger partial charge in [-0.05, 0) is 63.1 Å². The van der Waals surface area contributed by atoms with Crippen molar-refractivity contribution in [2.45, 2.75) is 27.7 Å². The van der Waals surface area contributed by atoms with E-state index in [1.807, 2.05) is 45.9 Å². The Kier molecular flexibility index (Phi) is 6.78. The number of nitrogens with zero attached hydrogens (tertiary/aromatic N) is 1. The van der Waals surface area contributed by atoms with Crippen LogP contribution in [0.4, 0.5) is 11.4 Å². The highest BCUT2D eigenvalue weighted by Crippen LogP contribution is 2.19. The molecule has 5 heteroatoms. The van der Waals surface area contributed by atoms with Crippen LogP contribution in [0.3, 0.4) is 0 Å². The number of hydrogen-bond donors (Lipinski definition) is 2. The SMILES string of the molecule is CCN(CC)C(=O)c1ccc(NC(=O)CNc2c(C)cccc2C)cc1. The third kappa shape index (κ3) is 4.85. The van der Waals surface area contributed by atoms with Gasteiger partial charge >= 0.3 is 0 Å². The number of carbonyl (C=O) groups is 2. The summed E-state index contributed by atoms with van der Waals surface area (Å²) in [5.41, 5.74) is 4.51. The monoisotopic (exact) mass is 353 g/mol. The van der Waals surface area contributed by atoms with Crippen LogP contribution in [0.25, 0.3) is 0 Å². The number of hydrogen-bond acceptors (Lipinski definition) is 3. The van der Waals surface area contributed by atoms with Gasteiger partial charge < -0.3 is 15.5 Å². The van der Waals surface area contributed by atoms with Crippen molar-refractivity contribution in [1.29, 1.82) is 0 Å². The maximum atomic E-state index is 12.3. The minimum absolute atomic E-state index is 0.00423. The lowest BCUT2D eigenvalue weighted by Gasteiger charge is -2.18. The second-order valence-electron chi connectivity index (χ2n) is 6.22. The summed E-state index contributed by atoms with van der Waals surface area (Å²) in [6.07, 6.45) is 0. The predicted molar refractivity (Wildman–Crippen MR) is 107 cm³/mol. The van der Waals surface area contributed by atoms with Crippen molar-refractivity contribution < 1.29 is 9.59 Å². The molecule has 2 N–H and O–H groups in total. The first-order chi connectivity index (χ1) is 12.5. The topological polar surface area (TPSA) is 61.4 Å². The fraction of sp³-hybridized carbons (Fsp3) is 0.333. The molecule has 2 aromatic carbocycles. The van der Waals surface area contributed by atoms with Gasteiger partial charge in [0.05, 0.1) is 6.54 Å². The molecule has 5 nitrogen and oxygen atoms in total. The van der Waals surface area contributed by atoms with Crippen LogP contribution < -0.4 is 10.6 Å². The summed E-state index contributed by atoms with van der Waals surface area (Å²) < 4.78 is 0. The lowest BCUT2D eigenvalue weighted by Crippen LogP contribution is -2.30. The molecule has 0 saturated heterocycles. The Balaban J connectivity index is 1.94. The Morgan fingerprint density at radius 3 is 2.04 bits per heavy atom. The van der Waals surface area contributed by atoms with Gasteiger partial charge in [0.15, 0.2) is 0 Å². The van der Waals surface area contributed by atoms with Crippen LogP contribution in [-0.2, 0) is 4.79 Å². The first kappa shape index (κ1) is 19.5. The average molecular weight is 353 g/mol. The molecule has 0 atom stereocenters. The number of nitrogens with one attached hydrogen (secondary N) is 2. The highest BCUT2D eigenvalue weighted by molar-refractivity contribution is 5.96. The lowest BCUT2D eigenvalue weighted by atomic mass is 10.1. The molecule has 0 aliphatic carbocycles. The van der Waals surface area contributed by atoms with Gasteiger partial charge in [-0.25, -0.2) is 0 Å². The summed E-state index contributed by atoms with van der Waals surface area (Å²) in [4.78, 5) is 26.2. The van der Waals surface area contributed by atoms with E-state index in [1.165, 1.54) is 0 Å². The summed E-state index contributed by atoms with van der Waals surface area (Å²) in [6, 6.07) is 13.0. The normalized spacial score (nSPS) is 10.3. The molecule has 2 aromatic rings. The number of benzene rings is 2. The van der Waals surface area contributed by atoms with Crippen LogP contribution in [0.2, 0.25) is 0 Å². The number of para-hydroxylation sites is 1. The second-order valence-corrected chi connectivity index (χ2v) is 6.22. The second kappa shape index (κ2) is 9.04. The smallest absolute Gasteiger partial charge is 0.253 e. The molecule has 0 heterocycles. The summed E-state index contributed by atoms with van der Waals surface area (Å²) in [5, 5.41) is 6.04. The number of aryl methyl sites for hydroxylation is 2. The fourth-order valence-corrected chi connectivity index (χ4v) is 2.86. The van der Waals surface area contributed by atoms with Crippen molar-refractivity contribution in [3.8, 4) is 0 Å². The van der Waals surface area contributed by atoms with Gasteiger partial charge in [0, 0.05) is 30.0 Å². The summed E-state index contributed by atoms with van der Waals surface area (Å²) in [6.45, 7) is 9.48. The molecule has 0 unspecified atom stereocenters. The minimum atomic E-state index is -0.129. The van der Waals surface area contributed by atoms with Crippen molar-refractivity contribution in [2.24, 2.45) is 0 Å². The lowest BCUT2D eigenvalue weighted by molar-refractivity contribution is -0.114. The maximum absolute atomic E-state index is 12.3. The predicted octanol–water partition coefficient (Wildman–Crippen LogP) is 3.84. The van der Waals surface area contributed by atoms with E-state index in [-0.39, 0.29) is 18.4 Å². The van der Waals surface area contributed by atoms with Crippen LogP contribution in [0, 0.1) is 13.8 Å². The van der Waals surface area contributed by atoms with Crippen LogP contribution in [0.5, 0.6) is 0 Å². The zero-order chi connectivity index (χ0) is 19.1. The van der Waals surface area contributed by atoms with Gasteiger partial charge in [0.1, 0.15) is 0 Å². The van der Waals surface area contributed by atoms with Gasteiger partial charge in [-0.3, -0.25) is 9.59 Å². The van der Waals surface area contributed by atoms with Crippen molar-refractivity contribution in [2.75, 3.05) is 30.3 Å². The fourth-order valence-electron chi connectivity index (χ4n) is 2.86. The van der Waals surface area contributed by atoms with E-state index in [2.05, 4.69) is 10.6 Å². The molecule has 26 heavy (non-hydrogen) atoms. The largest absolute Gasteiger partial charge is 0.376 e. The van der Waals surface area contributed by atoms with E-state index in [1.54, 1.807) is 29.2 Å². The zero-order valence-corrected chi connectivity index (χ0v) is 15.9. The molecule has 0 aliphatic rings. The van der Waals surface area contributed by atoms with Crippen molar-refractivity contribution >= 4 is 23.2 Å². The molecule has 0 aliphatic heterocycles. The van der Waals surface area contributed by atoms with E-state index < -0.39 is 0 Å². The molecule has 0 radical (unpaired) electrons. The van der Waals surface area contributed by atoms with Gasteiger partial charge in [0.25, 0.3) is 5.91 Å². The van der Waals surface area contributed by atoms with Crippen LogP contribution in [0.15, 0.2) is 42.5 Å². The molecular formula is C21H27N3O2. The Morgan fingerprint density at radius 1 is 0.923 bits per heavy atom. The van der Waals surface area contributed by atoms with Crippen LogP contribution in [0.1, 0.15) is 35.3 Å². The molecule has 0 spiro atoms. The molecule has 0 aromatic heterocycles. The van der Waals surface area contributed by atoms with Gasteiger partial charge in [0.2, 0.25) is 5.91 Å². The van der Waals surface area contributed by atoms with E-state index in [9.17, 15) is 9.59 Å². The Morgan fingerprint density at radius 2 is 1.50 bits per heavy atom. The van der Waals surface area contributed by atoms with E-state index in [4.69, 9.17) is 0 Å². The van der Waals surface area contributed by atoms with E-state index in [0.29, 0.717) is 24.3 Å². The third-order valence-electron chi connectivity index (χ3n) is 4.37. The standard InChI is InChI=1S/C21H27N3O2/c1-5-24(6-2)21(26)17-10-12-18(13-11-17)23-19(25)14-22-20-15(3)8-7-9-16(20)4/h7-13,22H,5-6,14H2,1-4H3,(H,23,25). The van der Waals surface area contributed by atoms with Crippen LogP contribution in [-0.4, -0.2) is 36.3 Å². The summed E-state index contributed by atoms with van der Waals surface area (Å²) in [5.74, 6) is -0.125. The first-order valence-electron chi connectivity index (χ1n) is 8.95. The number of carbonyl (C=O) groups excluding carboxylic acids is 2. The Hall–Kier alpha value is -2.82. The van der Waals surface area contributed by atoms with Crippen molar-refractivity contribution in [3.05, 3.63) is 59.2 Å². The molecule has 0 bridgehead atoms. The van der Waals surface area contributed by atoms with Gasteiger partial charge in [-0.1, -0.05) is 18.2 Å². The number of anilines is 2. The zero-order valence-electron chi connectivity index (χ0n) is 15.9. The van der Waals surface area contributed by atoms with Crippen molar-refractivity contribution in [1.82, 2.24) is 4.90 Å². The number of amides is 2. The quantitative estimate of drug-likeness (QED) is 0.795. The highest BCUT2D eigenvalue weighted by Gasteiger charge is 2.12. The van der Waals surface area contributed by atoms with E-state index >= 15 is 0 Å². The van der Waals surface area contributed by atoms with Crippen molar-refractivity contribution in [3.63, 3.8) is 0 Å². The maximum Gasteiger partial charge on any atom is 0.253 e. The minimum Gasteiger partial charge on any atom is -0.376 e. The first-order valence-corrected chi connectivity index (χ1v) is 8.95. The average Bonchev–Trinajstić information content (AvgIpc) is 2.63. The van der Waals surface area contributed by atoms with Gasteiger partial charge in [-0.15, -0.1) is 0 Å². The summed E-state index contributed by atoms with van der Waals surface area (Å²) >= 11 is 0. The Bertz CT molecular complexity index is 745. The van der Waals surface area contributed by atoms with E-state index in [0.717, 1.165) is 16.8 Å². The van der Waals surface area contributed by atoms with Gasteiger partial charge in [-0.2, -0.15) is 0 Å². The number of rotatable bonds is 7. The molecule has 0 saturated carbocycles. The third-order valence-corrected chi connectivity index (χ3v) is 4.37. The highest BCUT2D eigenvalue weighted by atomic mass is 16.2. The molecular weight excluding hydrogens is 326 g/mol. The molecule has 2 amide bonds. The molecule has 2 rings (SSSR count). The van der Waals surface area contributed by atoms with Crippen LogP contribution >= 0.6 is 0 Å². The summed E-state index contributed by atoms with van der Waals surface area (Å²) in [7, 11) is 0. The molecule has 0 fully saturated rings.